The van der Waals surface area contributed by atoms with Gasteiger partial charge in [0.05, 0.1) is 15.6 Å². The molecular formula is C13H17ClN2O3S2. The number of halogens is 1. The van der Waals surface area contributed by atoms with E-state index in [1.165, 1.54) is 18.2 Å². The first-order chi connectivity index (χ1) is 9.86. The van der Waals surface area contributed by atoms with Crippen molar-refractivity contribution in [2.75, 3.05) is 29.6 Å². The van der Waals surface area contributed by atoms with E-state index in [1.807, 2.05) is 11.8 Å². The number of carbonyl (C=O) groups excluding carboxylic acids is 1. The fourth-order valence-electron chi connectivity index (χ4n) is 2.01. The van der Waals surface area contributed by atoms with Gasteiger partial charge in [-0.05, 0) is 18.2 Å². The number of benzene rings is 1. The molecule has 0 bridgehead atoms. The Balaban J connectivity index is 2.06. The smallest absolute Gasteiger partial charge is 0.226 e. The molecule has 0 spiro atoms. The van der Waals surface area contributed by atoms with Crippen LogP contribution in [0.1, 0.15) is 6.42 Å². The molecule has 5 nitrogen and oxygen atoms in total. The van der Waals surface area contributed by atoms with Crippen LogP contribution in [-0.2, 0) is 14.6 Å². The third-order valence-corrected chi connectivity index (χ3v) is 5.64. The molecule has 1 aromatic rings. The number of amides is 1. The van der Waals surface area contributed by atoms with Crippen molar-refractivity contribution >= 4 is 44.8 Å². The minimum absolute atomic E-state index is 0.133. The molecule has 1 heterocycles. The predicted molar refractivity (Wildman–Crippen MR) is 86.9 cm³/mol. The maximum Gasteiger partial charge on any atom is 0.226 e. The molecule has 0 aromatic heterocycles. The molecule has 1 unspecified atom stereocenters. The molecular weight excluding hydrogens is 332 g/mol. The van der Waals surface area contributed by atoms with Gasteiger partial charge in [-0.3, -0.25) is 4.79 Å². The SMILES string of the molecule is CS(=O)(=O)c1ccc(Cl)c(NC(=O)CC2CSCCN2)c1. The van der Waals surface area contributed by atoms with Crippen molar-refractivity contribution in [1.29, 1.82) is 0 Å². The quantitative estimate of drug-likeness (QED) is 0.867. The molecule has 1 fully saturated rings. The zero-order valence-corrected chi connectivity index (χ0v) is 13.9. The molecule has 0 aliphatic carbocycles. The molecule has 21 heavy (non-hydrogen) atoms. The number of carbonyl (C=O) groups is 1. The van der Waals surface area contributed by atoms with Crippen LogP contribution in [0.3, 0.4) is 0 Å². The monoisotopic (exact) mass is 348 g/mol. The summed E-state index contributed by atoms with van der Waals surface area (Å²) < 4.78 is 23.1. The van der Waals surface area contributed by atoms with Crippen molar-refractivity contribution in [3.8, 4) is 0 Å². The Labute approximate surface area is 133 Å². The first-order valence-corrected chi connectivity index (χ1v) is 9.89. The van der Waals surface area contributed by atoms with E-state index in [1.54, 1.807) is 0 Å². The van der Waals surface area contributed by atoms with Gasteiger partial charge in [0.2, 0.25) is 5.91 Å². The second-order valence-corrected chi connectivity index (χ2v) is 8.46. The molecule has 2 rings (SSSR count). The Morgan fingerprint density at radius 1 is 1.52 bits per heavy atom. The third-order valence-electron chi connectivity index (χ3n) is 3.07. The summed E-state index contributed by atoms with van der Waals surface area (Å²) in [5, 5.41) is 6.28. The van der Waals surface area contributed by atoms with Crippen LogP contribution in [0.2, 0.25) is 5.02 Å². The molecule has 116 valence electrons. The molecule has 1 aliphatic rings. The standard InChI is InChI=1S/C13H17ClN2O3S2/c1-21(18,19)10-2-3-11(14)12(7-10)16-13(17)6-9-8-20-5-4-15-9/h2-3,7,9,15H,4-6,8H2,1H3,(H,16,17). The average Bonchev–Trinajstić information content (AvgIpc) is 2.41. The van der Waals surface area contributed by atoms with E-state index in [4.69, 9.17) is 11.6 Å². The van der Waals surface area contributed by atoms with Gasteiger partial charge in [-0.2, -0.15) is 11.8 Å². The molecule has 8 heteroatoms. The van der Waals surface area contributed by atoms with Crippen molar-refractivity contribution in [1.82, 2.24) is 5.32 Å². The topological polar surface area (TPSA) is 75.3 Å². The summed E-state index contributed by atoms with van der Waals surface area (Å²) in [6.07, 6.45) is 1.46. The minimum Gasteiger partial charge on any atom is -0.325 e. The van der Waals surface area contributed by atoms with E-state index in [0.717, 1.165) is 24.3 Å². The zero-order chi connectivity index (χ0) is 15.5. The molecule has 1 amide bonds. The lowest BCUT2D eigenvalue weighted by molar-refractivity contribution is -0.116. The highest BCUT2D eigenvalue weighted by atomic mass is 35.5. The first-order valence-electron chi connectivity index (χ1n) is 6.47. The van der Waals surface area contributed by atoms with E-state index < -0.39 is 9.84 Å². The van der Waals surface area contributed by atoms with Gasteiger partial charge in [-0.1, -0.05) is 11.6 Å². The summed E-state index contributed by atoms with van der Waals surface area (Å²) in [6, 6.07) is 4.42. The van der Waals surface area contributed by atoms with Crippen molar-refractivity contribution in [3.05, 3.63) is 23.2 Å². The molecule has 1 atom stereocenters. The summed E-state index contributed by atoms with van der Waals surface area (Å²) in [5.74, 6) is 1.77. The van der Waals surface area contributed by atoms with Crippen molar-refractivity contribution in [2.24, 2.45) is 0 Å². The summed E-state index contributed by atoms with van der Waals surface area (Å²) in [4.78, 5) is 12.2. The molecule has 0 saturated carbocycles. The first kappa shape index (κ1) is 16.6. The van der Waals surface area contributed by atoms with Crippen LogP contribution in [0.15, 0.2) is 23.1 Å². The van der Waals surface area contributed by atoms with E-state index >= 15 is 0 Å². The highest BCUT2D eigenvalue weighted by Crippen LogP contribution is 2.25. The number of hydrogen-bond acceptors (Lipinski definition) is 5. The Morgan fingerprint density at radius 2 is 2.29 bits per heavy atom. The van der Waals surface area contributed by atoms with Gasteiger partial charge in [0.15, 0.2) is 9.84 Å². The zero-order valence-electron chi connectivity index (χ0n) is 11.6. The highest BCUT2D eigenvalue weighted by Gasteiger charge is 2.18. The summed E-state index contributed by atoms with van der Waals surface area (Å²) in [5.41, 5.74) is 0.327. The lowest BCUT2D eigenvalue weighted by Gasteiger charge is -2.22. The highest BCUT2D eigenvalue weighted by molar-refractivity contribution is 7.99. The van der Waals surface area contributed by atoms with Crippen molar-refractivity contribution < 1.29 is 13.2 Å². The van der Waals surface area contributed by atoms with Gasteiger partial charge in [0.25, 0.3) is 0 Å². The number of thioether (sulfide) groups is 1. The number of sulfone groups is 1. The number of hydrogen-bond donors (Lipinski definition) is 2. The Bertz CT molecular complexity index is 628. The molecule has 0 radical (unpaired) electrons. The van der Waals surface area contributed by atoms with Crippen LogP contribution < -0.4 is 10.6 Å². The summed E-state index contributed by atoms with van der Waals surface area (Å²) in [6.45, 7) is 0.896. The second-order valence-electron chi connectivity index (χ2n) is 4.89. The number of nitrogens with one attached hydrogen (secondary N) is 2. The van der Waals surface area contributed by atoms with Gasteiger partial charge >= 0.3 is 0 Å². The largest absolute Gasteiger partial charge is 0.325 e. The van der Waals surface area contributed by atoms with Gasteiger partial charge in [-0.25, -0.2) is 8.42 Å². The van der Waals surface area contributed by atoms with E-state index in [0.29, 0.717) is 17.1 Å². The molecule has 1 aromatic carbocycles. The fraction of sp³-hybridized carbons (Fsp3) is 0.462. The molecule has 1 saturated heterocycles. The van der Waals surface area contributed by atoms with Crippen LogP contribution in [-0.4, -0.2) is 44.7 Å². The lowest BCUT2D eigenvalue weighted by atomic mass is 10.2. The van der Waals surface area contributed by atoms with Crippen molar-refractivity contribution in [2.45, 2.75) is 17.4 Å². The Morgan fingerprint density at radius 3 is 2.90 bits per heavy atom. The Kier molecular flexibility index (Phi) is 5.54. The summed E-state index contributed by atoms with van der Waals surface area (Å²) >= 11 is 7.82. The average molecular weight is 349 g/mol. The molecule has 2 N–H and O–H groups in total. The normalized spacial score (nSPS) is 19.2. The van der Waals surface area contributed by atoms with Crippen LogP contribution in [0, 0.1) is 0 Å². The second kappa shape index (κ2) is 7.00. The number of rotatable bonds is 4. The van der Waals surface area contributed by atoms with Gasteiger partial charge in [0, 0.05) is 36.8 Å². The van der Waals surface area contributed by atoms with Crippen LogP contribution in [0.4, 0.5) is 5.69 Å². The maximum absolute atomic E-state index is 12.0. The Hall–Kier alpha value is -0.760. The maximum atomic E-state index is 12.0. The van der Waals surface area contributed by atoms with Gasteiger partial charge in [0.1, 0.15) is 0 Å². The van der Waals surface area contributed by atoms with Gasteiger partial charge in [-0.15, -0.1) is 0 Å². The predicted octanol–water partition coefficient (Wildman–Crippen LogP) is 1.78. The van der Waals surface area contributed by atoms with Crippen LogP contribution in [0.25, 0.3) is 0 Å². The van der Waals surface area contributed by atoms with E-state index in [9.17, 15) is 13.2 Å². The van der Waals surface area contributed by atoms with Crippen molar-refractivity contribution in [3.63, 3.8) is 0 Å². The van der Waals surface area contributed by atoms with Crippen LogP contribution in [0.5, 0.6) is 0 Å². The van der Waals surface area contributed by atoms with E-state index in [-0.39, 0.29) is 16.8 Å². The minimum atomic E-state index is -3.33. The van der Waals surface area contributed by atoms with Gasteiger partial charge < -0.3 is 10.6 Å². The summed E-state index contributed by atoms with van der Waals surface area (Å²) in [7, 11) is -3.33. The molecule has 1 aliphatic heterocycles. The van der Waals surface area contributed by atoms with E-state index in [2.05, 4.69) is 10.6 Å². The lowest BCUT2D eigenvalue weighted by Crippen LogP contribution is -2.39. The number of anilines is 1. The van der Waals surface area contributed by atoms with Crippen LogP contribution >= 0.6 is 23.4 Å². The third kappa shape index (κ3) is 4.88. The fourth-order valence-corrected chi connectivity index (χ4v) is 3.77.